The Balaban J connectivity index is 1.75. The molecule has 0 spiro atoms. The summed E-state index contributed by atoms with van der Waals surface area (Å²) in [6, 6.07) is 14.9. The smallest absolute Gasteiger partial charge is 0.277 e. The fourth-order valence-corrected chi connectivity index (χ4v) is 2.60. The van der Waals surface area contributed by atoms with Crippen LogP contribution in [0.5, 0.6) is 5.75 Å². The highest BCUT2D eigenvalue weighted by Gasteiger charge is 2.20. The largest absolute Gasteiger partial charge is 0.489 e. The Morgan fingerprint density at radius 1 is 0.933 bits per heavy atom. The first-order valence-corrected chi connectivity index (χ1v) is 8.54. The Labute approximate surface area is 169 Å². The quantitative estimate of drug-likeness (QED) is 0.452. The van der Waals surface area contributed by atoms with Crippen molar-refractivity contribution in [2.45, 2.75) is 6.61 Å². The number of rotatable bonds is 7. The molecule has 0 fully saturated rings. The summed E-state index contributed by atoms with van der Waals surface area (Å²) in [5.41, 5.74) is -0.440. The van der Waals surface area contributed by atoms with Crippen LogP contribution < -0.4 is 10.1 Å². The third-order valence-corrected chi connectivity index (χ3v) is 3.97. The summed E-state index contributed by atoms with van der Waals surface area (Å²) >= 11 is 0. The zero-order chi connectivity index (χ0) is 21.7. The number of nitro benzene ring substituents is 2. The van der Waals surface area contributed by atoms with Gasteiger partial charge < -0.3 is 10.1 Å². The molecule has 0 bridgehead atoms. The molecule has 0 heterocycles. The molecule has 9 nitrogen and oxygen atoms in total. The van der Waals surface area contributed by atoms with Gasteiger partial charge in [0.2, 0.25) is 0 Å². The Kier molecular flexibility index (Phi) is 5.97. The molecule has 3 aromatic carbocycles. The number of carbonyl (C=O) groups excluding carboxylic acids is 1. The van der Waals surface area contributed by atoms with E-state index < -0.39 is 27.1 Å². The van der Waals surface area contributed by atoms with E-state index in [-0.39, 0.29) is 18.0 Å². The van der Waals surface area contributed by atoms with Gasteiger partial charge in [-0.15, -0.1) is 0 Å². The minimum Gasteiger partial charge on any atom is -0.489 e. The van der Waals surface area contributed by atoms with Gasteiger partial charge in [-0.1, -0.05) is 18.2 Å². The first kappa shape index (κ1) is 20.4. The molecule has 3 aromatic rings. The minimum absolute atomic E-state index is 0.103. The number of carbonyl (C=O) groups is 1. The average molecular weight is 411 g/mol. The topological polar surface area (TPSA) is 125 Å². The van der Waals surface area contributed by atoms with Crippen molar-refractivity contribution in [1.29, 1.82) is 0 Å². The van der Waals surface area contributed by atoms with Gasteiger partial charge >= 0.3 is 0 Å². The second-order valence-electron chi connectivity index (χ2n) is 6.15. The predicted octanol–water partition coefficient (Wildman–Crippen LogP) is 4.47. The highest BCUT2D eigenvalue weighted by Crippen LogP contribution is 2.24. The maximum Gasteiger partial charge on any atom is 0.277 e. The van der Waals surface area contributed by atoms with E-state index in [1.54, 1.807) is 30.3 Å². The molecule has 1 N–H and O–H groups in total. The normalized spacial score (nSPS) is 10.3. The van der Waals surface area contributed by atoms with Gasteiger partial charge in [-0.2, -0.15) is 0 Å². The van der Waals surface area contributed by atoms with Crippen LogP contribution in [0.1, 0.15) is 15.9 Å². The van der Waals surface area contributed by atoms with E-state index in [1.165, 1.54) is 18.2 Å². The summed E-state index contributed by atoms with van der Waals surface area (Å²) < 4.78 is 18.8. The van der Waals surface area contributed by atoms with Crippen molar-refractivity contribution in [2.24, 2.45) is 0 Å². The summed E-state index contributed by atoms with van der Waals surface area (Å²) in [6.07, 6.45) is 0. The first-order valence-electron chi connectivity index (χ1n) is 8.54. The number of hydrogen-bond donors (Lipinski definition) is 1. The van der Waals surface area contributed by atoms with E-state index in [2.05, 4.69) is 5.32 Å². The summed E-state index contributed by atoms with van der Waals surface area (Å²) in [5, 5.41) is 24.5. The number of benzene rings is 3. The van der Waals surface area contributed by atoms with Crippen LogP contribution in [-0.2, 0) is 6.61 Å². The molecule has 0 atom stereocenters. The minimum atomic E-state index is -0.815. The molecule has 0 saturated heterocycles. The second-order valence-corrected chi connectivity index (χ2v) is 6.15. The van der Waals surface area contributed by atoms with Crippen molar-refractivity contribution in [3.8, 4) is 5.75 Å². The Bertz CT molecular complexity index is 1100. The molecular formula is C20H14FN3O6. The SMILES string of the molecule is O=C(Nc1cccc(OCc2cccc(F)c2)c1)c1cc([N+](=O)[O-])cc([N+](=O)[O-])c1. The van der Waals surface area contributed by atoms with Crippen LogP contribution in [-0.4, -0.2) is 15.8 Å². The van der Waals surface area contributed by atoms with Crippen LogP contribution in [0.15, 0.2) is 66.7 Å². The van der Waals surface area contributed by atoms with E-state index in [1.807, 2.05) is 0 Å². The van der Waals surface area contributed by atoms with E-state index in [9.17, 15) is 29.4 Å². The van der Waals surface area contributed by atoms with E-state index >= 15 is 0 Å². The van der Waals surface area contributed by atoms with Gasteiger partial charge in [0.05, 0.1) is 21.5 Å². The van der Waals surface area contributed by atoms with Crippen LogP contribution in [0.25, 0.3) is 0 Å². The van der Waals surface area contributed by atoms with Gasteiger partial charge in [0, 0.05) is 23.9 Å². The lowest BCUT2D eigenvalue weighted by Crippen LogP contribution is -2.12. The van der Waals surface area contributed by atoms with Crippen LogP contribution in [0.4, 0.5) is 21.5 Å². The average Bonchev–Trinajstić information content (AvgIpc) is 2.72. The van der Waals surface area contributed by atoms with Crippen LogP contribution >= 0.6 is 0 Å². The van der Waals surface area contributed by atoms with Crippen molar-refractivity contribution in [1.82, 2.24) is 0 Å². The fourth-order valence-electron chi connectivity index (χ4n) is 2.60. The fraction of sp³-hybridized carbons (Fsp3) is 0.0500. The summed E-state index contributed by atoms with van der Waals surface area (Å²) in [6.45, 7) is 0.103. The number of nitrogens with one attached hydrogen (secondary N) is 1. The number of halogens is 1. The van der Waals surface area contributed by atoms with Crippen LogP contribution in [0.3, 0.4) is 0 Å². The van der Waals surface area contributed by atoms with E-state index in [0.29, 0.717) is 17.0 Å². The monoisotopic (exact) mass is 411 g/mol. The van der Waals surface area contributed by atoms with E-state index in [4.69, 9.17) is 4.74 Å². The number of nitro groups is 2. The molecule has 3 rings (SSSR count). The number of ether oxygens (including phenoxy) is 1. The zero-order valence-electron chi connectivity index (χ0n) is 15.3. The number of hydrogen-bond acceptors (Lipinski definition) is 6. The van der Waals surface area contributed by atoms with Crippen LogP contribution in [0, 0.1) is 26.0 Å². The molecule has 152 valence electrons. The summed E-state index contributed by atoms with van der Waals surface area (Å²) in [5.74, 6) is -0.755. The standard InChI is InChI=1S/C20H14FN3O6/c21-15-4-1-3-13(7-15)12-30-19-6-2-5-16(10-19)22-20(25)14-8-17(23(26)27)11-18(9-14)24(28)29/h1-11H,12H2,(H,22,25). The van der Waals surface area contributed by atoms with Crippen molar-refractivity contribution >= 4 is 23.0 Å². The van der Waals surface area contributed by atoms with Gasteiger partial charge in [-0.3, -0.25) is 25.0 Å². The van der Waals surface area contributed by atoms with Crippen molar-refractivity contribution in [3.05, 3.63) is 104 Å². The lowest BCUT2D eigenvalue weighted by molar-refractivity contribution is -0.394. The number of nitrogens with zero attached hydrogens (tertiary/aromatic N) is 2. The summed E-state index contributed by atoms with van der Waals surface area (Å²) in [7, 11) is 0. The lowest BCUT2D eigenvalue weighted by Gasteiger charge is -2.10. The van der Waals surface area contributed by atoms with Gasteiger partial charge in [-0.25, -0.2) is 4.39 Å². The number of anilines is 1. The molecule has 0 aliphatic carbocycles. The molecule has 30 heavy (non-hydrogen) atoms. The molecular weight excluding hydrogens is 397 g/mol. The molecule has 0 saturated carbocycles. The van der Waals surface area contributed by atoms with Gasteiger partial charge in [0.25, 0.3) is 17.3 Å². The maximum atomic E-state index is 13.2. The van der Waals surface area contributed by atoms with Gasteiger partial charge in [0.15, 0.2) is 0 Å². The third-order valence-electron chi connectivity index (χ3n) is 3.97. The van der Waals surface area contributed by atoms with Crippen molar-refractivity contribution in [2.75, 3.05) is 5.32 Å². The maximum absolute atomic E-state index is 13.2. The molecule has 1 amide bonds. The highest BCUT2D eigenvalue weighted by atomic mass is 19.1. The second kappa shape index (κ2) is 8.78. The van der Waals surface area contributed by atoms with Crippen LogP contribution in [0.2, 0.25) is 0 Å². The van der Waals surface area contributed by atoms with Crippen molar-refractivity contribution in [3.63, 3.8) is 0 Å². The highest BCUT2D eigenvalue weighted by molar-refractivity contribution is 6.05. The number of non-ortho nitro benzene ring substituents is 2. The number of amides is 1. The molecule has 0 aliphatic heterocycles. The molecule has 0 aromatic heterocycles. The van der Waals surface area contributed by atoms with Crippen molar-refractivity contribution < 1.29 is 23.8 Å². The van der Waals surface area contributed by atoms with Gasteiger partial charge in [0.1, 0.15) is 18.2 Å². The van der Waals surface area contributed by atoms with Gasteiger partial charge in [-0.05, 0) is 29.8 Å². The first-order chi connectivity index (χ1) is 14.3. The molecule has 0 aliphatic rings. The molecule has 0 unspecified atom stereocenters. The Hall–Kier alpha value is -4.34. The summed E-state index contributed by atoms with van der Waals surface area (Å²) in [4.78, 5) is 32.8. The zero-order valence-corrected chi connectivity index (χ0v) is 15.3. The lowest BCUT2D eigenvalue weighted by atomic mass is 10.1. The molecule has 0 radical (unpaired) electrons. The predicted molar refractivity (Wildman–Crippen MR) is 105 cm³/mol. The Morgan fingerprint density at radius 2 is 1.60 bits per heavy atom. The third kappa shape index (κ3) is 5.13. The Morgan fingerprint density at radius 3 is 2.23 bits per heavy atom. The van der Waals surface area contributed by atoms with E-state index in [0.717, 1.165) is 18.2 Å². The molecule has 10 heteroatoms.